The van der Waals surface area contributed by atoms with Gasteiger partial charge in [0, 0.05) is 5.56 Å². The van der Waals surface area contributed by atoms with Crippen LogP contribution >= 0.6 is 23.2 Å². The number of carbonyl (C=O) groups excluding carboxylic acids is 2. The van der Waals surface area contributed by atoms with Gasteiger partial charge in [-0.1, -0.05) is 23.2 Å². The molecule has 0 saturated carbocycles. The Morgan fingerprint density at radius 3 is 2.10 bits per heavy atom. The zero-order chi connectivity index (χ0) is 22.2. The minimum absolute atomic E-state index is 0.0659. The molecule has 1 aliphatic carbocycles. The van der Waals surface area contributed by atoms with Crippen LogP contribution in [-0.4, -0.2) is 25.0 Å². The normalized spacial score (nSPS) is 13.9. The number of allylic oxidation sites excluding steroid dienone is 2. The summed E-state index contributed by atoms with van der Waals surface area (Å²) in [4.78, 5) is 24.7. The Hall–Kier alpha value is -2.38. The maximum Gasteiger partial charge on any atom is 0.417 e. The second kappa shape index (κ2) is 8.40. The fourth-order valence-electron chi connectivity index (χ4n) is 3.49. The number of carbonyl (C=O) groups is 2. The Kier molecular flexibility index (Phi) is 6.24. The zero-order valence-electron chi connectivity index (χ0n) is 15.5. The highest BCUT2D eigenvalue weighted by Gasteiger charge is 2.36. The number of alkyl halides is 3. The number of rotatable bonds is 4. The van der Waals surface area contributed by atoms with E-state index in [1.807, 2.05) is 0 Å². The summed E-state index contributed by atoms with van der Waals surface area (Å²) in [7, 11) is 1.22. The summed E-state index contributed by atoms with van der Waals surface area (Å²) in [6.07, 6.45) is -2.87. The van der Waals surface area contributed by atoms with Crippen LogP contribution in [0.25, 0.3) is 5.57 Å². The number of ether oxygens (including phenoxy) is 1. The molecular weight excluding hydrogens is 447 g/mol. The quantitative estimate of drug-likeness (QED) is 0.178. The van der Waals surface area contributed by atoms with Gasteiger partial charge in [-0.25, -0.2) is 9.18 Å². The van der Waals surface area contributed by atoms with E-state index in [0.29, 0.717) is 42.0 Å². The van der Waals surface area contributed by atoms with Crippen molar-refractivity contribution in [3.05, 3.63) is 74.0 Å². The molecule has 30 heavy (non-hydrogen) atoms. The molecule has 0 bridgehead atoms. The molecule has 0 unspecified atom stereocenters. The summed E-state index contributed by atoms with van der Waals surface area (Å²) in [5.74, 6) is -2.52. The minimum atomic E-state index is -4.92. The molecule has 9 heteroatoms. The second-order valence-electron chi connectivity index (χ2n) is 6.64. The number of halogens is 6. The van der Waals surface area contributed by atoms with Gasteiger partial charge >= 0.3 is 12.1 Å². The van der Waals surface area contributed by atoms with Gasteiger partial charge in [-0.3, -0.25) is 4.79 Å². The van der Waals surface area contributed by atoms with Crippen molar-refractivity contribution in [3.8, 4) is 0 Å². The maximum atomic E-state index is 13.7. The van der Waals surface area contributed by atoms with Gasteiger partial charge in [0.05, 0.1) is 28.3 Å². The number of methoxy groups -OCH3 is 1. The molecule has 0 aliphatic heterocycles. The van der Waals surface area contributed by atoms with Crippen LogP contribution in [0.4, 0.5) is 17.6 Å². The summed E-state index contributed by atoms with van der Waals surface area (Å²) in [5, 5.41) is -1.19. The molecule has 0 aromatic heterocycles. The van der Waals surface area contributed by atoms with E-state index in [9.17, 15) is 27.2 Å². The number of ketones is 1. The van der Waals surface area contributed by atoms with E-state index < -0.39 is 44.9 Å². The molecule has 0 heterocycles. The lowest BCUT2D eigenvalue weighted by Crippen LogP contribution is -2.14. The number of fused-ring (bicyclic) bond motifs is 1. The van der Waals surface area contributed by atoms with Crippen molar-refractivity contribution < 1.29 is 31.9 Å². The smallest absolute Gasteiger partial charge is 0.417 e. The Labute approximate surface area is 179 Å². The maximum absolute atomic E-state index is 13.7. The van der Waals surface area contributed by atoms with Crippen LogP contribution in [0, 0.1) is 5.82 Å². The van der Waals surface area contributed by atoms with Crippen molar-refractivity contribution in [2.75, 3.05) is 7.11 Å². The Morgan fingerprint density at radius 2 is 1.57 bits per heavy atom. The van der Waals surface area contributed by atoms with Crippen molar-refractivity contribution in [2.24, 2.45) is 0 Å². The average Bonchev–Trinajstić information content (AvgIpc) is 3.17. The molecule has 3 rings (SSSR count). The molecule has 158 valence electrons. The lowest BCUT2D eigenvalue weighted by Gasteiger charge is -2.14. The van der Waals surface area contributed by atoms with Gasteiger partial charge in [-0.05, 0) is 66.3 Å². The predicted molar refractivity (Wildman–Crippen MR) is 105 cm³/mol. The molecule has 2 aromatic rings. The third-order valence-electron chi connectivity index (χ3n) is 4.83. The third kappa shape index (κ3) is 4.23. The van der Waals surface area contributed by atoms with Crippen LogP contribution in [0.1, 0.15) is 43.8 Å². The first kappa shape index (κ1) is 22.3. The lowest BCUT2D eigenvalue weighted by atomic mass is 9.94. The molecule has 3 nitrogen and oxygen atoms in total. The molecule has 0 spiro atoms. The third-order valence-corrected chi connectivity index (χ3v) is 5.38. The molecular formula is C21H14Cl2F4O3. The van der Waals surface area contributed by atoms with Crippen LogP contribution < -0.4 is 0 Å². The highest BCUT2D eigenvalue weighted by molar-refractivity contribution is 6.35. The topological polar surface area (TPSA) is 43.4 Å². The van der Waals surface area contributed by atoms with Crippen LogP contribution in [0.2, 0.25) is 10.0 Å². The highest BCUT2D eigenvalue weighted by Crippen LogP contribution is 2.38. The number of benzene rings is 2. The van der Waals surface area contributed by atoms with Crippen molar-refractivity contribution in [1.82, 2.24) is 0 Å². The zero-order valence-corrected chi connectivity index (χ0v) is 17.0. The summed E-state index contributed by atoms with van der Waals surface area (Å²) >= 11 is 11.2. The number of hydrogen-bond acceptors (Lipinski definition) is 3. The van der Waals surface area contributed by atoms with Crippen molar-refractivity contribution in [1.29, 1.82) is 0 Å². The Bertz CT molecular complexity index is 1050. The van der Waals surface area contributed by atoms with E-state index in [2.05, 4.69) is 0 Å². The summed E-state index contributed by atoms with van der Waals surface area (Å²) < 4.78 is 59.4. The monoisotopic (exact) mass is 460 g/mol. The molecule has 1 aliphatic rings. The van der Waals surface area contributed by atoms with Crippen LogP contribution in [0.3, 0.4) is 0 Å². The van der Waals surface area contributed by atoms with E-state index in [1.165, 1.54) is 19.2 Å². The van der Waals surface area contributed by atoms with E-state index in [1.54, 1.807) is 0 Å². The van der Waals surface area contributed by atoms with Crippen LogP contribution in [0.15, 0.2) is 30.3 Å². The van der Waals surface area contributed by atoms with E-state index >= 15 is 0 Å². The standard InChI is InChI=1S/C21H14Cl2F4O3/c1-30-20(29)14-6-5-13(11-3-2-4-12(11)14)18(28)9-15(21(25,26)27)10-7-16(22)19(24)17(23)8-10/h5-9H,2-4H2,1H3. The van der Waals surface area contributed by atoms with Gasteiger partial charge in [0.25, 0.3) is 0 Å². The summed E-state index contributed by atoms with van der Waals surface area (Å²) in [5.41, 5.74) is -0.358. The van der Waals surface area contributed by atoms with Gasteiger partial charge < -0.3 is 4.74 Å². The Balaban J connectivity index is 2.11. The van der Waals surface area contributed by atoms with Gasteiger partial charge in [0.15, 0.2) is 11.6 Å². The highest BCUT2D eigenvalue weighted by atomic mass is 35.5. The summed E-state index contributed by atoms with van der Waals surface area (Å²) in [6, 6.07) is 4.21. The number of esters is 1. The lowest BCUT2D eigenvalue weighted by molar-refractivity contribution is -0.0689. The fourth-order valence-corrected chi connectivity index (χ4v) is 3.97. The SMILES string of the molecule is COC(=O)c1ccc(C(=O)C=C(c2cc(Cl)c(F)c(Cl)c2)C(F)(F)F)c2c1CCC2. The van der Waals surface area contributed by atoms with Crippen LogP contribution in [0.5, 0.6) is 0 Å². The predicted octanol–water partition coefficient (Wildman–Crippen LogP) is 6.24. The molecule has 0 radical (unpaired) electrons. The molecule has 0 fully saturated rings. The van der Waals surface area contributed by atoms with Gasteiger partial charge in [-0.2, -0.15) is 13.2 Å². The largest absolute Gasteiger partial charge is 0.465 e. The Morgan fingerprint density at radius 1 is 1.03 bits per heavy atom. The van der Waals surface area contributed by atoms with Gasteiger partial charge in [0.2, 0.25) is 0 Å². The first-order valence-electron chi connectivity index (χ1n) is 8.75. The van der Waals surface area contributed by atoms with Crippen molar-refractivity contribution in [3.63, 3.8) is 0 Å². The number of hydrogen-bond donors (Lipinski definition) is 0. The molecule has 0 atom stereocenters. The van der Waals surface area contributed by atoms with E-state index in [-0.39, 0.29) is 5.56 Å². The molecule has 0 N–H and O–H groups in total. The first-order valence-corrected chi connectivity index (χ1v) is 9.51. The van der Waals surface area contributed by atoms with Gasteiger partial charge in [-0.15, -0.1) is 0 Å². The molecule has 0 saturated heterocycles. The van der Waals surface area contributed by atoms with Crippen molar-refractivity contribution in [2.45, 2.75) is 25.4 Å². The second-order valence-corrected chi connectivity index (χ2v) is 7.45. The molecule has 2 aromatic carbocycles. The van der Waals surface area contributed by atoms with Crippen molar-refractivity contribution >= 4 is 40.5 Å². The first-order chi connectivity index (χ1) is 14.0. The van der Waals surface area contributed by atoms with E-state index in [0.717, 1.165) is 12.1 Å². The van der Waals surface area contributed by atoms with E-state index in [4.69, 9.17) is 27.9 Å². The van der Waals surface area contributed by atoms with Crippen LogP contribution in [-0.2, 0) is 17.6 Å². The van der Waals surface area contributed by atoms with Gasteiger partial charge in [0.1, 0.15) is 0 Å². The average molecular weight is 461 g/mol. The summed E-state index contributed by atoms with van der Waals surface area (Å²) in [6.45, 7) is 0. The minimum Gasteiger partial charge on any atom is -0.465 e. The molecule has 0 amide bonds. The fraction of sp³-hybridized carbons (Fsp3) is 0.238.